The van der Waals surface area contributed by atoms with Gasteiger partial charge >= 0.3 is 5.97 Å². The third kappa shape index (κ3) is 4.68. The predicted octanol–water partition coefficient (Wildman–Crippen LogP) is 4.70. The highest BCUT2D eigenvalue weighted by Gasteiger charge is 2.22. The first kappa shape index (κ1) is 21.5. The van der Waals surface area contributed by atoms with Gasteiger partial charge in [0.1, 0.15) is 12.1 Å². The van der Waals surface area contributed by atoms with Crippen LogP contribution in [0.5, 0.6) is 5.75 Å². The number of carbonyl (C=O) groups excluding carboxylic acids is 1. The number of hydrogen-bond acceptors (Lipinski definition) is 7. The lowest BCUT2D eigenvalue weighted by molar-refractivity contribution is -0.387. The molecule has 0 amide bonds. The largest absolute Gasteiger partial charge is 0.423 e. The van der Waals surface area contributed by atoms with Crippen molar-refractivity contribution >= 4 is 23.4 Å². The van der Waals surface area contributed by atoms with E-state index in [9.17, 15) is 14.9 Å². The van der Waals surface area contributed by atoms with Crippen LogP contribution in [0.4, 0.5) is 5.69 Å². The monoisotopic (exact) mass is 426 g/mol. The molecule has 9 heteroatoms. The number of nitrogens with zero attached hydrogens (tertiary/aromatic N) is 4. The smallest absolute Gasteiger partial charge is 0.343 e. The highest BCUT2D eigenvalue weighted by molar-refractivity contribution is 7.99. The number of esters is 1. The van der Waals surface area contributed by atoms with E-state index in [-0.39, 0.29) is 16.7 Å². The number of aryl methyl sites for hydroxylation is 2. The van der Waals surface area contributed by atoms with Gasteiger partial charge in [-0.05, 0) is 53.4 Å². The average Bonchev–Trinajstić information content (AvgIpc) is 3.07. The summed E-state index contributed by atoms with van der Waals surface area (Å²) in [6, 6.07) is 9.89. The average molecular weight is 426 g/mol. The van der Waals surface area contributed by atoms with Crippen molar-refractivity contribution in [2.75, 3.05) is 0 Å². The zero-order valence-electron chi connectivity index (χ0n) is 17.4. The lowest BCUT2D eigenvalue weighted by Gasteiger charge is -2.20. The molecule has 0 saturated heterocycles. The second kappa shape index (κ2) is 8.27. The predicted molar refractivity (Wildman–Crippen MR) is 113 cm³/mol. The summed E-state index contributed by atoms with van der Waals surface area (Å²) in [6.45, 7) is 8.18. The van der Waals surface area contributed by atoms with Crippen LogP contribution in [0.1, 0.15) is 42.3 Å². The topological polar surface area (TPSA) is 100 Å². The second-order valence-electron chi connectivity index (χ2n) is 7.89. The van der Waals surface area contributed by atoms with Gasteiger partial charge in [0.25, 0.3) is 5.69 Å². The van der Waals surface area contributed by atoms with E-state index in [1.807, 2.05) is 19.1 Å². The molecule has 156 valence electrons. The van der Waals surface area contributed by atoms with Gasteiger partial charge in [0.05, 0.1) is 15.4 Å². The minimum Gasteiger partial charge on any atom is -0.423 e. The summed E-state index contributed by atoms with van der Waals surface area (Å²) < 4.78 is 7.16. The zero-order chi connectivity index (χ0) is 22.1. The van der Waals surface area contributed by atoms with Crippen LogP contribution in [0.2, 0.25) is 0 Å². The number of benzene rings is 2. The first-order valence-electron chi connectivity index (χ1n) is 9.20. The van der Waals surface area contributed by atoms with Gasteiger partial charge in [-0.3, -0.25) is 10.1 Å². The van der Waals surface area contributed by atoms with E-state index in [4.69, 9.17) is 4.74 Å². The summed E-state index contributed by atoms with van der Waals surface area (Å²) in [7, 11) is 1.74. The van der Waals surface area contributed by atoms with Crippen molar-refractivity contribution in [3.63, 3.8) is 0 Å². The minimum atomic E-state index is -0.653. The van der Waals surface area contributed by atoms with Gasteiger partial charge < -0.3 is 9.30 Å². The van der Waals surface area contributed by atoms with Gasteiger partial charge in [0.2, 0.25) is 0 Å². The van der Waals surface area contributed by atoms with Crippen LogP contribution < -0.4 is 4.74 Å². The lowest BCUT2D eigenvalue weighted by atomic mass is 9.86. The van der Waals surface area contributed by atoms with Crippen molar-refractivity contribution in [2.45, 2.75) is 43.2 Å². The number of ether oxygens (including phenoxy) is 1. The number of aromatic nitrogens is 3. The van der Waals surface area contributed by atoms with Crippen molar-refractivity contribution in [3.05, 3.63) is 69.5 Å². The second-order valence-corrected chi connectivity index (χ2v) is 8.89. The molecule has 0 bridgehead atoms. The maximum atomic E-state index is 12.6. The van der Waals surface area contributed by atoms with Gasteiger partial charge in [0, 0.05) is 13.1 Å². The SMILES string of the molecule is Cc1cc(C(C)(C)C)ccc1OC(=O)c1ccc(Sc2nncn2C)c([N+](=O)[O-])c1. The molecule has 0 saturated carbocycles. The molecule has 8 nitrogen and oxygen atoms in total. The number of nitro groups is 1. The molecule has 3 aromatic rings. The highest BCUT2D eigenvalue weighted by atomic mass is 32.2. The van der Waals surface area contributed by atoms with Crippen LogP contribution in [0.3, 0.4) is 0 Å². The van der Waals surface area contributed by atoms with Crippen LogP contribution in [0.25, 0.3) is 0 Å². The number of carbonyl (C=O) groups is 1. The molecule has 1 heterocycles. The molecule has 0 aliphatic heterocycles. The minimum absolute atomic E-state index is 0.0237. The van der Waals surface area contributed by atoms with Crippen molar-refractivity contribution in [2.24, 2.45) is 7.05 Å². The summed E-state index contributed by atoms with van der Waals surface area (Å²) in [5.41, 5.74) is 1.82. The van der Waals surface area contributed by atoms with Crippen molar-refractivity contribution in [1.29, 1.82) is 0 Å². The highest BCUT2D eigenvalue weighted by Crippen LogP contribution is 2.34. The zero-order valence-corrected chi connectivity index (χ0v) is 18.2. The van der Waals surface area contributed by atoms with Gasteiger partial charge in [-0.2, -0.15) is 0 Å². The first-order valence-corrected chi connectivity index (χ1v) is 10.0. The van der Waals surface area contributed by atoms with E-state index < -0.39 is 10.9 Å². The van der Waals surface area contributed by atoms with E-state index in [2.05, 4.69) is 31.0 Å². The Morgan fingerprint density at radius 2 is 1.93 bits per heavy atom. The Morgan fingerprint density at radius 3 is 2.50 bits per heavy atom. The lowest BCUT2D eigenvalue weighted by Crippen LogP contribution is -2.13. The van der Waals surface area contributed by atoms with E-state index in [0.29, 0.717) is 15.8 Å². The number of hydrogen-bond donors (Lipinski definition) is 0. The number of nitro benzene ring substituents is 1. The van der Waals surface area contributed by atoms with E-state index >= 15 is 0 Å². The first-order chi connectivity index (χ1) is 14.1. The molecule has 0 fully saturated rings. The van der Waals surface area contributed by atoms with E-state index in [1.165, 1.54) is 24.5 Å². The normalized spacial score (nSPS) is 11.4. The van der Waals surface area contributed by atoms with Gasteiger partial charge in [-0.25, -0.2) is 4.79 Å². The summed E-state index contributed by atoms with van der Waals surface area (Å²) in [5.74, 6) is -0.229. The van der Waals surface area contributed by atoms with Crippen LogP contribution >= 0.6 is 11.8 Å². The summed E-state index contributed by atoms with van der Waals surface area (Å²) in [4.78, 5) is 24.0. The van der Waals surface area contributed by atoms with E-state index in [1.54, 1.807) is 17.7 Å². The Kier molecular flexibility index (Phi) is 5.93. The fraction of sp³-hybridized carbons (Fsp3) is 0.286. The molecule has 1 aromatic heterocycles. The molecular weight excluding hydrogens is 404 g/mol. The quantitative estimate of drug-likeness (QED) is 0.252. The molecule has 3 rings (SSSR count). The molecule has 0 N–H and O–H groups in total. The summed E-state index contributed by atoms with van der Waals surface area (Å²) in [5, 5.41) is 19.7. The molecule has 0 aliphatic carbocycles. The van der Waals surface area contributed by atoms with Crippen molar-refractivity contribution in [1.82, 2.24) is 14.8 Å². The van der Waals surface area contributed by atoms with Crippen LogP contribution in [-0.2, 0) is 12.5 Å². The number of rotatable bonds is 5. The van der Waals surface area contributed by atoms with Gasteiger partial charge in [-0.15, -0.1) is 10.2 Å². The molecule has 0 spiro atoms. The third-order valence-electron chi connectivity index (χ3n) is 4.51. The molecule has 0 aliphatic rings. The molecule has 0 radical (unpaired) electrons. The Morgan fingerprint density at radius 1 is 1.20 bits per heavy atom. The maximum absolute atomic E-state index is 12.6. The molecule has 0 atom stereocenters. The fourth-order valence-corrected chi connectivity index (χ4v) is 3.58. The fourth-order valence-electron chi connectivity index (χ4n) is 2.73. The van der Waals surface area contributed by atoms with Gasteiger partial charge in [0.15, 0.2) is 5.16 Å². The summed E-state index contributed by atoms with van der Waals surface area (Å²) >= 11 is 1.10. The van der Waals surface area contributed by atoms with Crippen LogP contribution in [-0.4, -0.2) is 25.7 Å². The van der Waals surface area contributed by atoms with E-state index in [0.717, 1.165) is 22.9 Å². The Bertz CT molecular complexity index is 1120. The molecule has 30 heavy (non-hydrogen) atoms. The Labute approximate surface area is 178 Å². The van der Waals surface area contributed by atoms with Crippen molar-refractivity contribution in [3.8, 4) is 5.75 Å². The van der Waals surface area contributed by atoms with Crippen molar-refractivity contribution < 1.29 is 14.5 Å². The molecule has 0 unspecified atom stereocenters. The standard InChI is InChI=1S/C21H22N4O4S/c1-13-10-15(21(2,3)4)7-8-17(13)29-19(26)14-6-9-18(16(11-14)25(27)28)30-20-23-22-12-24(20)5/h6-12H,1-5H3. The maximum Gasteiger partial charge on any atom is 0.343 e. The Hall–Kier alpha value is -3.20. The van der Waals surface area contributed by atoms with Gasteiger partial charge in [-0.1, -0.05) is 32.9 Å². The molecular formula is C21H22N4O4S. The molecule has 2 aromatic carbocycles. The van der Waals surface area contributed by atoms with Crippen LogP contribution in [0, 0.1) is 17.0 Å². The third-order valence-corrected chi connectivity index (χ3v) is 5.62. The van der Waals surface area contributed by atoms with Crippen LogP contribution in [0.15, 0.2) is 52.8 Å². The Balaban J connectivity index is 1.85. The summed E-state index contributed by atoms with van der Waals surface area (Å²) in [6.07, 6.45) is 1.51.